The number of benzene rings is 1. The van der Waals surface area contributed by atoms with E-state index < -0.39 is 9.75 Å². The quantitative estimate of drug-likeness (QED) is 0.397. The van der Waals surface area contributed by atoms with Gasteiger partial charge in [-0.3, -0.25) is 14.9 Å². The number of nitrogens with zero attached hydrogens (tertiary/aromatic N) is 1. The van der Waals surface area contributed by atoms with Gasteiger partial charge in [-0.2, -0.15) is 0 Å². The number of nitro benzene ring substituents is 1. The van der Waals surface area contributed by atoms with Gasteiger partial charge in [0.1, 0.15) is 5.75 Å². The monoisotopic (exact) mass is 273 g/mol. The third-order valence-electron chi connectivity index (χ3n) is 1.82. The molecular weight excluding hydrogens is 266 g/mol. The summed E-state index contributed by atoms with van der Waals surface area (Å²) in [6.45, 7) is 1.61. The molecule has 0 aliphatic heterocycles. The van der Waals surface area contributed by atoms with Crippen LogP contribution in [0, 0.1) is 10.1 Å². The number of phenolic OH excluding ortho intramolecular Hbond substituents is 1. The Kier molecular flexibility index (Phi) is 3.41. The number of Topliss-reactive ketones (excluding diaryl/α,β-unsaturated/α-hetero) is 1. The van der Waals surface area contributed by atoms with Crippen LogP contribution in [0.25, 0.3) is 0 Å². The van der Waals surface area contributed by atoms with Crippen LogP contribution in [0.2, 0.25) is 0 Å². The Morgan fingerprint density at radius 3 is 2.60 bits per heavy atom. The average Bonchev–Trinajstić information content (AvgIpc) is 2.16. The highest BCUT2D eigenvalue weighted by molar-refractivity contribution is 9.10. The third-order valence-corrected chi connectivity index (χ3v) is 2.23. The van der Waals surface area contributed by atoms with Gasteiger partial charge in [0.05, 0.1) is 21.4 Å². The fourth-order valence-corrected chi connectivity index (χ4v) is 1.30. The lowest BCUT2D eigenvalue weighted by atomic mass is 10.1. The molecule has 1 unspecified atom stereocenters. The number of alkyl halides is 1. The fraction of sp³-hybridized carbons (Fsp3) is 0.222. The molecular formula is C9H8BrNO4. The van der Waals surface area contributed by atoms with Gasteiger partial charge in [0.25, 0.3) is 5.69 Å². The number of carbonyl (C=O) groups excluding carboxylic acids is 1. The van der Waals surface area contributed by atoms with Crippen LogP contribution in [-0.4, -0.2) is 20.6 Å². The SMILES string of the molecule is CC(Br)C(=O)c1ccc([N+](=O)[O-])cc1O. The maximum atomic E-state index is 11.5. The molecule has 80 valence electrons. The van der Waals surface area contributed by atoms with Gasteiger partial charge in [-0.05, 0) is 13.0 Å². The van der Waals surface area contributed by atoms with Gasteiger partial charge < -0.3 is 5.11 Å². The van der Waals surface area contributed by atoms with Crippen LogP contribution in [0.15, 0.2) is 18.2 Å². The molecule has 0 saturated heterocycles. The number of nitro groups is 1. The highest BCUT2D eigenvalue weighted by Gasteiger charge is 2.18. The molecule has 0 aliphatic carbocycles. The van der Waals surface area contributed by atoms with Crippen LogP contribution in [0.3, 0.4) is 0 Å². The Labute approximate surface area is 94.0 Å². The van der Waals surface area contributed by atoms with E-state index in [-0.39, 0.29) is 22.8 Å². The van der Waals surface area contributed by atoms with Gasteiger partial charge in [0, 0.05) is 6.07 Å². The summed E-state index contributed by atoms with van der Waals surface area (Å²) in [6, 6.07) is 3.39. The van der Waals surface area contributed by atoms with E-state index in [2.05, 4.69) is 15.9 Å². The van der Waals surface area contributed by atoms with Crippen molar-refractivity contribution in [2.45, 2.75) is 11.8 Å². The van der Waals surface area contributed by atoms with E-state index >= 15 is 0 Å². The van der Waals surface area contributed by atoms with Crippen molar-refractivity contribution >= 4 is 27.4 Å². The van der Waals surface area contributed by atoms with Crippen LogP contribution < -0.4 is 0 Å². The van der Waals surface area contributed by atoms with Crippen LogP contribution in [0.5, 0.6) is 5.75 Å². The predicted molar refractivity (Wildman–Crippen MR) is 57.5 cm³/mol. The number of hydrogen-bond acceptors (Lipinski definition) is 4. The topological polar surface area (TPSA) is 80.4 Å². The zero-order chi connectivity index (χ0) is 11.6. The molecule has 0 aliphatic rings. The highest BCUT2D eigenvalue weighted by atomic mass is 79.9. The molecule has 1 aromatic carbocycles. The molecule has 1 N–H and O–H groups in total. The van der Waals surface area contributed by atoms with Gasteiger partial charge in [0.2, 0.25) is 0 Å². The zero-order valence-electron chi connectivity index (χ0n) is 7.81. The molecule has 1 aromatic rings. The molecule has 1 atom stereocenters. The molecule has 0 amide bonds. The number of hydrogen-bond donors (Lipinski definition) is 1. The van der Waals surface area contributed by atoms with Crippen LogP contribution >= 0.6 is 15.9 Å². The lowest BCUT2D eigenvalue weighted by molar-refractivity contribution is -0.384. The van der Waals surface area contributed by atoms with Crippen molar-refractivity contribution in [2.75, 3.05) is 0 Å². The minimum Gasteiger partial charge on any atom is -0.507 e. The second-order valence-corrected chi connectivity index (χ2v) is 4.31. The van der Waals surface area contributed by atoms with Crippen molar-refractivity contribution in [2.24, 2.45) is 0 Å². The number of non-ortho nitro benzene ring substituents is 1. The van der Waals surface area contributed by atoms with E-state index in [0.717, 1.165) is 6.07 Å². The van der Waals surface area contributed by atoms with Crippen molar-refractivity contribution in [1.29, 1.82) is 0 Å². The molecule has 0 bridgehead atoms. The first-order chi connectivity index (χ1) is 6.93. The molecule has 15 heavy (non-hydrogen) atoms. The fourth-order valence-electron chi connectivity index (χ4n) is 1.06. The Morgan fingerprint density at radius 1 is 1.60 bits per heavy atom. The van der Waals surface area contributed by atoms with Crippen molar-refractivity contribution in [3.63, 3.8) is 0 Å². The third kappa shape index (κ3) is 2.53. The van der Waals surface area contributed by atoms with E-state index in [9.17, 15) is 20.0 Å². The summed E-state index contributed by atoms with van der Waals surface area (Å²) in [5.74, 6) is -0.692. The average molecular weight is 274 g/mol. The molecule has 0 aromatic heterocycles. The van der Waals surface area contributed by atoms with Gasteiger partial charge in [0.15, 0.2) is 5.78 Å². The van der Waals surface area contributed by atoms with Crippen molar-refractivity contribution in [3.05, 3.63) is 33.9 Å². The van der Waals surface area contributed by atoms with Gasteiger partial charge in [-0.15, -0.1) is 0 Å². The Bertz CT molecular complexity index is 417. The smallest absolute Gasteiger partial charge is 0.273 e. The first-order valence-electron chi connectivity index (χ1n) is 4.09. The summed E-state index contributed by atoms with van der Waals surface area (Å²) in [5, 5.41) is 19.8. The first-order valence-corrected chi connectivity index (χ1v) is 5.00. The summed E-state index contributed by atoms with van der Waals surface area (Å²) in [7, 11) is 0. The van der Waals surface area contributed by atoms with Crippen LogP contribution in [0.1, 0.15) is 17.3 Å². The molecule has 0 fully saturated rings. The summed E-state index contributed by atoms with van der Waals surface area (Å²) < 4.78 is 0. The highest BCUT2D eigenvalue weighted by Crippen LogP contribution is 2.25. The lowest BCUT2D eigenvalue weighted by Gasteiger charge is -2.04. The number of aromatic hydroxyl groups is 1. The van der Waals surface area contributed by atoms with Gasteiger partial charge in [-0.25, -0.2) is 0 Å². The summed E-state index contributed by atoms with van der Waals surface area (Å²) in [4.78, 5) is 20.8. The summed E-state index contributed by atoms with van der Waals surface area (Å²) in [5.41, 5.74) is -0.170. The summed E-state index contributed by atoms with van der Waals surface area (Å²) >= 11 is 3.06. The van der Waals surface area contributed by atoms with Crippen LogP contribution in [-0.2, 0) is 0 Å². The van der Waals surface area contributed by atoms with Gasteiger partial charge >= 0.3 is 0 Å². The first kappa shape index (κ1) is 11.6. The van der Waals surface area contributed by atoms with Crippen molar-refractivity contribution in [1.82, 2.24) is 0 Å². The molecule has 0 saturated carbocycles. The Hall–Kier alpha value is -1.43. The lowest BCUT2D eigenvalue weighted by Crippen LogP contribution is -2.10. The minimum atomic E-state index is -0.633. The number of halogens is 1. The Morgan fingerprint density at radius 2 is 2.20 bits per heavy atom. The molecule has 0 heterocycles. The maximum absolute atomic E-state index is 11.5. The van der Waals surface area contributed by atoms with E-state index in [1.807, 2.05) is 0 Å². The van der Waals surface area contributed by atoms with E-state index in [4.69, 9.17) is 0 Å². The summed E-state index contributed by atoms with van der Waals surface area (Å²) in [6.07, 6.45) is 0. The Balaban J connectivity index is 3.14. The second kappa shape index (κ2) is 4.39. The molecule has 6 heteroatoms. The molecule has 1 rings (SSSR count). The normalized spacial score (nSPS) is 12.1. The minimum absolute atomic E-state index is 0.0741. The number of rotatable bonds is 3. The van der Waals surface area contributed by atoms with Crippen molar-refractivity contribution in [3.8, 4) is 5.75 Å². The van der Waals surface area contributed by atoms with Crippen molar-refractivity contribution < 1.29 is 14.8 Å². The number of ketones is 1. The predicted octanol–water partition coefficient (Wildman–Crippen LogP) is 2.27. The maximum Gasteiger partial charge on any atom is 0.273 e. The number of phenols is 1. The number of carbonyl (C=O) groups is 1. The zero-order valence-corrected chi connectivity index (χ0v) is 9.39. The molecule has 0 spiro atoms. The van der Waals surface area contributed by atoms with Gasteiger partial charge in [-0.1, -0.05) is 15.9 Å². The van der Waals surface area contributed by atoms with E-state index in [1.165, 1.54) is 12.1 Å². The van der Waals surface area contributed by atoms with E-state index in [1.54, 1.807) is 6.92 Å². The van der Waals surface area contributed by atoms with E-state index in [0.29, 0.717) is 0 Å². The second-order valence-electron chi connectivity index (χ2n) is 2.94. The molecule has 5 nitrogen and oxygen atoms in total. The standard InChI is InChI=1S/C9H8BrNO4/c1-5(10)9(13)7-3-2-6(11(14)15)4-8(7)12/h2-5,12H,1H3. The molecule has 0 radical (unpaired) electrons. The largest absolute Gasteiger partial charge is 0.507 e. The van der Waals surface area contributed by atoms with Crippen LogP contribution in [0.4, 0.5) is 5.69 Å².